The Morgan fingerprint density at radius 3 is 2.52 bits per heavy atom. The monoisotopic (exact) mass is 426 g/mol. The molecule has 4 rings (SSSR count). The van der Waals surface area contributed by atoms with Gasteiger partial charge in [-0.15, -0.1) is 0 Å². The second-order valence-corrected chi connectivity index (χ2v) is 8.74. The highest BCUT2D eigenvalue weighted by molar-refractivity contribution is 5.94. The van der Waals surface area contributed by atoms with Crippen LogP contribution in [0.25, 0.3) is 5.57 Å². The fourth-order valence-electron chi connectivity index (χ4n) is 4.94. The first-order valence-electron chi connectivity index (χ1n) is 10.4. The topological polar surface area (TPSA) is 156 Å². The maximum Gasteiger partial charge on any atom is 0.308 e. The van der Waals surface area contributed by atoms with Gasteiger partial charge in [0.1, 0.15) is 6.04 Å². The number of benzene rings is 1. The van der Waals surface area contributed by atoms with E-state index in [0.717, 1.165) is 11.1 Å². The van der Waals surface area contributed by atoms with E-state index in [1.54, 1.807) is 23.1 Å². The molecule has 2 heterocycles. The third-order valence-corrected chi connectivity index (χ3v) is 6.86. The summed E-state index contributed by atoms with van der Waals surface area (Å²) in [5.41, 5.74) is 12.6. The number of nitrogens with two attached hydrogens (primary N) is 2. The third-order valence-electron chi connectivity index (χ3n) is 6.86. The predicted octanol–water partition coefficient (Wildman–Crippen LogP) is -0.0445. The Bertz CT molecular complexity index is 990. The molecule has 3 aliphatic rings. The Labute approximate surface area is 179 Å². The molecule has 4 unspecified atom stereocenters. The highest BCUT2D eigenvalue weighted by Crippen LogP contribution is 2.58. The van der Waals surface area contributed by atoms with Gasteiger partial charge in [0.2, 0.25) is 17.7 Å². The van der Waals surface area contributed by atoms with Crippen molar-refractivity contribution in [3.63, 3.8) is 0 Å². The van der Waals surface area contributed by atoms with Crippen LogP contribution < -0.4 is 16.8 Å². The van der Waals surface area contributed by atoms with Crippen LogP contribution in [0.3, 0.4) is 0 Å². The second-order valence-electron chi connectivity index (χ2n) is 8.74. The van der Waals surface area contributed by atoms with Crippen LogP contribution >= 0.6 is 0 Å². The average Bonchev–Trinajstić information content (AvgIpc) is 3.47. The summed E-state index contributed by atoms with van der Waals surface area (Å²) in [6.45, 7) is 1.22. The zero-order chi connectivity index (χ0) is 22.3. The quantitative estimate of drug-likeness (QED) is 0.517. The van der Waals surface area contributed by atoms with E-state index in [0.29, 0.717) is 38.0 Å². The van der Waals surface area contributed by atoms with Gasteiger partial charge in [-0.3, -0.25) is 19.2 Å². The van der Waals surface area contributed by atoms with Crippen molar-refractivity contribution in [2.45, 2.75) is 25.3 Å². The molecule has 0 bridgehead atoms. The average molecular weight is 426 g/mol. The number of amides is 3. The zero-order valence-corrected chi connectivity index (χ0v) is 17.0. The molecule has 6 N–H and O–H groups in total. The van der Waals surface area contributed by atoms with Crippen molar-refractivity contribution in [1.82, 2.24) is 10.2 Å². The minimum Gasteiger partial charge on any atom is -0.481 e. The molecule has 9 nitrogen and oxygen atoms in total. The van der Waals surface area contributed by atoms with E-state index < -0.39 is 35.2 Å². The van der Waals surface area contributed by atoms with Gasteiger partial charge in [0.05, 0.1) is 5.92 Å². The summed E-state index contributed by atoms with van der Waals surface area (Å²) >= 11 is 0. The number of aliphatic carboxylic acids is 1. The van der Waals surface area contributed by atoms with Crippen molar-refractivity contribution in [3.8, 4) is 0 Å². The molecule has 31 heavy (non-hydrogen) atoms. The SMILES string of the molecule is NC(=O)c1cccc(C2=CCN(C(=O)C3NCC4(CC3C(=O)O)CC4C(N)=O)CC2)c1. The molecule has 1 aromatic carbocycles. The predicted molar refractivity (Wildman–Crippen MR) is 111 cm³/mol. The summed E-state index contributed by atoms with van der Waals surface area (Å²) in [5.74, 6) is -3.43. The summed E-state index contributed by atoms with van der Waals surface area (Å²) in [6, 6.07) is 6.22. The Morgan fingerprint density at radius 1 is 1.16 bits per heavy atom. The molecule has 0 aromatic heterocycles. The summed E-state index contributed by atoms with van der Waals surface area (Å²) < 4.78 is 0. The highest BCUT2D eigenvalue weighted by Gasteiger charge is 2.62. The smallest absolute Gasteiger partial charge is 0.308 e. The number of hydrogen-bond donors (Lipinski definition) is 4. The van der Waals surface area contributed by atoms with Gasteiger partial charge < -0.3 is 26.8 Å². The van der Waals surface area contributed by atoms with E-state index in [2.05, 4.69) is 5.32 Å². The molecule has 4 atom stereocenters. The van der Waals surface area contributed by atoms with Crippen molar-refractivity contribution in [1.29, 1.82) is 0 Å². The number of carboxylic acid groups (broad SMARTS) is 1. The number of nitrogens with one attached hydrogen (secondary N) is 1. The number of hydrogen-bond acceptors (Lipinski definition) is 5. The van der Waals surface area contributed by atoms with Crippen LogP contribution in [0.1, 0.15) is 35.2 Å². The molecule has 1 saturated heterocycles. The third kappa shape index (κ3) is 3.93. The highest BCUT2D eigenvalue weighted by atomic mass is 16.4. The molecule has 2 fully saturated rings. The lowest BCUT2D eigenvalue weighted by Crippen LogP contribution is -2.58. The first-order chi connectivity index (χ1) is 14.7. The minimum atomic E-state index is -1.04. The molecule has 164 valence electrons. The lowest BCUT2D eigenvalue weighted by Gasteiger charge is -2.38. The van der Waals surface area contributed by atoms with Crippen LogP contribution in [-0.2, 0) is 14.4 Å². The molecule has 2 aliphatic heterocycles. The first-order valence-corrected chi connectivity index (χ1v) is 10.4. The maximum atomic E-state index is 13.1. The number of nitrogens with zero attached hydrogens (tertiary/aromatic N) is 1. The number of rotatable bonds is 5. The minimum absolute atomic E-state index is 0.250. The van der Waals surface area contributed by atoms with Crippen LogP contribution in [0.4, 0.5) is 0 Å². The van der Waals surface area contributed by atoms with Gasteiger partial charge in [-0.25, -0.2) is 0 Å². The lowest BCUT2D eigenvalue weighted by molar-refractivity contribution is -0.150. The Morgan fingerprint density at radius 2 is 1.94 bits per heavy atom. The number of carboxylic acids is 1. The molecule has 1 saturated carbocycles. The summed E-state index contributed by atoms with van der Waals surface area (Å²) in [5, 5.41) is 12.8. The van der Waals surface area contributed by atoms with Crippen LogP contribution in [0, 0.1) is 17.3 Å². The van der Waals surface area contributed by atoms with Crippen molar-refractivity contribution >= 4 is 29.3 Å². The van der Waals surface area contributed by atoms with Crippen molar-refractivity contribution in [2.24, 2.45) is 28.7 Å². The van der Waals surface area contributed by atoms with E-state index in [1.807, 2.05) is 12.1 Å². The second kappa shape index (κ2) is 7.81. The van der Waals surface area contributed by atoms with Gasteiger partial charge in [-0.1, -0.05) is 18.2 Å². The molecule has 1 aromatic rings. The largest absolute Gasteiger partial charge is 0.481 e. The van der Waals surface area contributed by atoms with Crippen molar-refractivity contribution in [3.05, 3.63) is 41.5 Å². The van der Waals surface area contributed by atoms with E-state index in [-0.39, 0.29) is 18.2 Å². The molecule has 0 radical (unpaired) electrons. The van der Waals surface area contributed by atoms with Crippen LogP contribution in [0.15, 0.2) is 30.3 Å². The molecule has 1 aliphatic carbocycles. The number of carbonyl (C=O) groups excluding carboxylic acids is 3. The summed E-state index contributed by atoms with van der Waals surface area (Å²) in [6.07, 6.45) is 3.35. The van der Waals surface area contributed by atoms with Crippen LogP contribution in [0.2, 0.25) is 0 Å². The zero-order valence-electron chi connectivity index (χ0n) is 17.0. The molecule has 3 amide bonds. The van der Waals surface area contributed by atoms with Gasteiger partial charge >= 0.3 is 5.97 Å². The van der Waals surface area contributed by atoms with Gasteiger partial charge in [-0.05, 0) is 47.9 Å². The fraction of sp³-hybridized carbons (Fsp3) is 0.455. The maximum absolute atomic E-state index is 13.1. The van der Waals surface area contributed by atoms with Crippen molar-refractivity contribution < 1.29 is 24.3 Å². The summed E-state index contributed by atoms with van der Waals surface area (Å²) in [4.78, 5) is 49.6. The normalized spacial score (nSPS) is 29.9. The molecular weight excluding hydrogens is 400 g/mol. The van der Waals surface area contributed by atoms with E-state index in [9.17, 15) is 24.3 Å². The van der Waals surface area contributed by atoms with E-state index in [4.69, 9.17) is 11.5 Å². The van der Waals surface area contributed by atoms with Gasteiger partial charge in [0.25, 0.3) is 0 Å². The van der Waals surface area contributed by atoms with Crippen LogP contribution in [0.5, 0.6) is 0 Å². The van der Waals surface area contributed by atoms with Gasteiger partial charge in [-0.2, -0.15) is 0 Å². The fourth-order valence-corrected chi connectivity index (χ4v) is 4.94. The standard InChI is InChI=1S/C22H26N4O5/c23-18(27)14-3-1-2-13(8-14)12-4-6-26(7-5-12)20(29)17-15(21(30)31)9-22(11-25-17)10-16(22)19(24)28/h1-4,8,15-17,25H,5-7,9-11H2,(H2,23,27)(H2,24,28)(H,30,31). The molecular formula is C22H26N4O5. The van der Waals surface area contributed by atoms with Gasteiger partial charge in [0.15, 0.2) is 0 Å². The number of carbonyl (C=O) groups is 4. The lowest BCUT2D eigenvalue weighted by atomic mass is 9.80. The van der Waals surface area contributed by atoms with Crippen molar-refractivity contribution in [2.75, 3.05) is 19.6 Å². The number of primary amides is 2. The van der Waals surface area contributed by atoms with Crippen LogP contribution in [-0.4, -0.2) is 59.4 Å². The Kier molecular flexibility index (Phi) is 5.30. The van der Waals surface area contributed by atoms with Gasteiger partial charge in [0, 0.05) is 31.1 Å². The molecule has 9 heteroatoms. The first kappa shape index (κ1) is 21.0. The van der Waals surface area contributed by atoms with E-state index >= 15 is 0 Å². The number of piperidine rings is 1. The molecule has 1 spiro atoms. The van der Waals surface area contributed by atoms with E-state index in [1.165, 1.54) is 0 Å². The Balaban J connectivity index is 1.44. The summed E-state index contributed by atoms with van der Waals surface area (Å²) in [7, 11) is 0. The Hall–Kier alpha value is -3.20.